The van der Waals surface area contributed by atoms with Crippen LogP contribution in [0.1, 0.15) is 10.5 Å². The smallest absolute Gasteiger partial charge is 0.356 e. The number of carbonyl (C=O) groups is 1. The fourth-order valence-electron chi connectivity index (χ4n) is 1.17. The molecule has 2 heterocycles. The van der Waals surface area contributed by atoms with Crippen LogP contribution in [-0.2, 0) is 7.05 Å². The Kier molecular flexibility index (Phi) is 2.05. The lowest BCUT2D eigenvalue weighted by molar-refractivity contribution is 0.0692. The van der Waals surface area contributed by atoms with E-state index >= 15 is 0 Å². The van der Waals surface area contributed by atoms with Crippen LogP contribution in [0.15, 0.2) is 17.8 Å². The van der Waals surface area contributed by atoms with Crippen molar-refractivity contribution in [3.63, 3.8) is 0 Å². The Bertz CT molecular complexity index is 474. The van der Waals surface area contributed by atoms with E-state index < -0.39 is 5.97 Å². The zero-order valence-electron chi connectivity index (χ0n) is 7.34. The third-order valence-corrected chi connectivity index (χ3v) is 2.46. The minimum atomic E-state index is -1.02. The minimum absolute atomic E-state index is 0.0595. The van der Waals surface area contributed by atoms with Crippen LogP contribution in [0.5, 0.6) is 0 Å². The maximum absolute atomic E-state index is 10.8. The van der Waals surface area contributed by atoms with Gasteiger partial charge in [-0.2, -0.15) is 4.37 Å². The van der Waals surface area contributed by atoms with E-state index in [0.29, 0.717) is 11.4 Å². The number of aromatic nitrogens is 3. The fraction of sp³-hybridized carbons (Fsp3) is 0.125. The molecule has 0 bridgehead atoms. The van der Waals surface area contributed by atoms with Crippen LogP contribution in [0.2, 0.25) is 0 Å². The van der Waals surface area contributed by atoms with Gasteiger partial charge in [-0.25, -0.2) is 9.78 Å². The molecule has 6 heteroatoms. The third kappa shape index (κ3) is 1.29. The van der Waals surface area contributed by atoms with E-state index in [0.717, 1.165) is 11.5 Å². The maximum atomic E-state index is 10.8. The topological polar surface area (TPSA) is 68.0 Å². The van der Waals surface area contributed by atoms with Gasteiger partial charge in [-0.3, -0.25) is 0 Å². The Hall–Kier alpha value is -1.69. The molecule has 0 unspecified atom stereocenters. The second-order valence-electron chi connectivity index (χ2n) is 2.74. The van der Waals surface area contributed by atoms with Gasteiger partial charge in [0.2, 0.25) is 0 Å². The summed E-state index contributed by atoms with van der Waals surface area (Å²) in [4.78, 5) is 14.9. The molecule has 0 spiro atoms. The number of nitrogens with zero attached hydrogens (tertiary/aromatic N) is 3. The van der Waals surface area contributed by atoms with Crippen molar-refractivity contribution < 1.29 is 9.90 Å². The predicted molar refractivity (Wildman–Crippen MR) is 51.3 cm³/mol. The molecular weight excluding hydrogens is 202 g/mol. The number of hydrogen-bond donors (Lipinski definition) is 1. The summed E-state index contributed by atoms with van der Waals surface area (Å²) >= 11 is 1.12. The lowest BCUT2D eigenvalue weighted by Gasteiger charge is -1.98. The largest absolute Gasteiger partial charge is 0.476 e. The highest BCUT2D eigenvalue weighted by Gasteiger charge is 2.17. The molecule has 0 aliphatic heterocycles. The van der Waals surface area contributed by atoms with Gasteiger partial charge in [-0.15, -0.1) is 0 Å². The van der Waals surface area contributed by atoms with Crippen molar-refractivity contribution in [2.45, 2.75) is 0 Å². The molecular formula is C8H7N3O2S. The van der Waals surface area contributed by atoms with Crippen LogP contribution in [0.25, 0.3) is 11.4 Å². The highest BCUT2D eigenvalue weighted by Crippen LogP contribution is 2.22. The van der Waals surface area contributed by atoms with Crippen LogP contribution in [-0.4, -0.2) is 25.0 Å². The zero-order chi connectivity index (χ0) is 10.1. The van der Waals surface area contributed by atoms with E-state index in [1.54, 1.807) is 22.3 Å². The quantitative estimate of drug-likeness (QED) is 0.808. The first-order valence-corrected chi connectivity index (χ1v) is 4.69. The average Bonchev–Trinajstić information content (AvgIpc) is 2.70. The van der Waals surface area contributed by atoms with Crippen molar-refractivity contribution in [3.05, 3.63) is 23.5 Å². The summed E-state index contributed by atoms with van der Waals surface area (Å²) in [5, 5.41) is 10.5. The summed E-state index contributed by atoms with van der Waals surface area (Å²) in [6.07, 6.45) is 3.39. The number of carboxylic acids is 1. The Morgan fingerprint density at radius 1 is 1.64 bits per heavy atom. The molecule has 0 amide bonds. The van der Waals surface area contributed by atoms with Gasteiger partial charge in [-0.05, 0) is 11.5 Å². The van der Waals surface area contributed by atoms with Gasteiger partial charge < -0.3 is 9.67 Å². The predicted octanol–water partition coefficient (Wildman–Crippen LogP) is 1.24. The van der Waals surface area contributed by atoms with E-state index in [4.69, 9.17) is 5.11 Å². The van der Waals surface area contributed by atoms with Gasteiger partial charge in [-0.1, -0.05) is 0 Å². The number of aromatic carboxylic acids is 1. The van der Waals surface area contributed by atoms with E-state index in [1.807, 2.05) is 7.05 Å². The molecule has 2 rings (SSSR count). The summed E-state index contributed by atoms with van der Waals surface area (Å²) < 4.78 is 5.56. The molecule has 2 aromatic rings. The standard InChI is InChI=1S/C8H7N3O2S/c1-11-3-2-9-7(11)5-4-14-10-6(5)8(12)13/h2-4H,1H3,(H,12,13). The fourth-order valence-corrected chi connectivity index (χ4v) is 1.83. The van der Waals surface area contributed by atoms with Gasteiger partial charge in [0.15, 0.2) is 5.69 Å². The summed E-state index contributed by atoms with van der Waals surface area (Å²) in [6, 6.07) is 0. The first kappa shape index (κ1) is 8.89. The minimum Gasteiger partial charge on any atom is -0.476 e. The highest BCUT2D eigenvalue weighted by atomic mass is 32.1. The second kappa shape index (κ2) is 3.22. The monoisotopic (exact) mass is 209 g/mol. The molecule has 0 saturated heterocycles. The van der Waals surface area contributed by atoms with Gasteiger partial charge in [0.05, 0.1) is 5.56 Å². The van der Waals surface area contributed by atoms with Crippen LogP contribution < -0.4 is 0 Å². The lowest BCUT2D eigenvalue weighted by Crippen LogP contribution is -2.01. The molecule has 0 aliphatic rings. The molecule has 5 nitrogen and oxygen atoms in total. The molecule has 0 saturated carbocycles. The maximum Gasteiger partial charge on any atom is 0.356 e. The van der Waals surface area contributed by atoms with E-state index in [1.165, 1.54) is 0 Å². The molecule has 1 N–H and O–H groups in total. The molecule has 2 aromatic heterocycles. The van der Waals surface area contributed by atoms with Crippen LogP contribution in [0.3, 0.4) is 0 Å². The van der Waals surface area contributed by atoms with Crippen molar-refractivity contribution in [1.82, 2.24) is 13.9 Å². The van der Waals surface area contributed by atoms with Crippen molar-refractivity contribution >= 4 is 17.5 Å². The van der Waals surface area contributed by atoms with Gasteiger partial charge >= 0.3 is 5.97 Å². The number of imidazole rings is 1. The van der Waals surface area contributed by atoms with Gasteiger partial charge in [0, 0.05) is 24.8 Å². The Morgan fingerprint density at radius 3 is 3.00 bits per heavy atom. The first-order chi connectivity index (χ1) is 6.70. The number of carboxylic acid groups (broad SMARTS) is 1. The summed E-state index contributed by atoms with van der Waals surface area (Å²) in [5.74, 6) is -0.402. The number of hydrogen-bond acceptors (Lipinski definition) is 4. The molecule has 0 fully saturated rings. The van der Waals surface area contributed by atoms with Crippen molar-refractivity contribution in [3.8, 4) is 11.4 Å². The second-order valence-corrected chi connectivity index (χ2v) is 3.37. The van der Waals surface area contributed by atoms with Crippen LogP contribution >= 0.6 is 11.5 Å². The van der Waals surface area contributed by atoms with Crippen LogP contribution in [0.4, 0.5) is 0 Å². The van der Waals surface area contributed by atoms with E-state index in [2.05, 4.69) is 9.36 Å². The normalized spacial score (nSPS) is 10.4. The summed E-state index contributed by atoms with van der Waals surface area (Å²) in [7, 11) is 1.81. The van der Waals surface area contributed by atoms with Crippen molar-refractivity contribution in [2.24, 2.45) is 7.05 Å². The Labute approximate surface area is 83.8 Å². The Morgan fingerprint density at radius 2 is 2.43 bits per heavy atom. The highest BCUT2D eigenvalue weighted by molar-refractivity contribution is 7.04. The lowest BCUT2D eigenvalue weighted by atomic mass is 10.2. The molecule has 0 atom stereocenters. The average molecular weight is 209 g/mol. The third-order valence-electron chi connectivity index (χ3n) is 1.83. The van der Waals surface area contributed by atoms with E-state index in [9.17, 15) is 4.79 Å². The Balaban J connectivity index is 2.57. The molecule has 72 valence electrons. The SMILES string of the molecule is Cn1ccnc1-c1csnc1C(=O)O. The van der Waals surface area contributed by atoms with Crippen molar-refractivity contribution in [2.75, 3.05) is 0 Å². The molecule has 0 radical (unpaired) electrons. The number of aryl methyl sites for hydroxylation is 1. The zero-order valence-corrected chi connectivity index (χ0v) is 8.15. The van der Waals surface area contributed by atoms with Crippen LogP contribution in [0, 0.1) is 0 Å². The molecule has 0 aliphatic carbocycles. The van der Waals surface area contributed by atoms with Crippen molar-refractivity contribution in [1.29, 1.82) is 0 Å². The van der Waals surface area contributed by atoms with Gasteiger partial charge in [0.25, 0.3) is 0 Å². The van der Waals surface area contributed by atoms with Gasteiger partial charge in [0.1, 0.15) is 5.82 Å². The molecule has 14 heavy (non-hydrogen) atoms. The van der Waals surface area contributed by atoms with E-state index in [-0.39, 0.29) is 5.69 Å². The summed E-state index contributed by atoms with van der Waals surface area (Å²) in [5.41, 5.74) is 0.624. The molecule has 0 aromatic carbocycles. The number of rotatable bonds is 2. The summed E-state index contributed by atoms with van der Waals surface area (Å²) in [6.45, 7) is 0. The first-order valence-electron chi connectivity index (χ1n) is 3.85.